The van der Waals surface area contributed by atoms with Crippen LogP contribution in [0.4, 0.5) is 5.69 Å². The van der Waals surface area contributed by atoms with Gasteiger partial charge in [0.2, 0.25) is 0 Å². The zero-order valence-electron chi connectivity index (χ0n) is 16.4. The van der Waals surface area contributed by atoms with E-state index in [4.69, 9.17) is 4.98 Å². The molecule has 2 aromatic carbocycles. The van der Waals surface area contributed by atoms with Crippen LogP contribution in [0.5, 0.6) is 0 Å². The summed E-state index contributed by atoms with van der Waals surface area (Å²) in [5, 5.41) is 6.75. The van der Waals surface area contributed by atoms with Gasteiger partial charge in [0.25, 0.3) is 11.8 Å². The molecule has 3 aromatic rings. The number of piperidine rings is 1. The van der Waals surface area contributed by atoms with Crippen LogP contribution in [0.3, 0.4) is 0 Å². The first kappa shape index (κ1) is 19.5. The van der Waals surface area contributed by atoms with E-state index < -0.39 is 0 Å². The zero-order chi connectivity index (χ0) is 20.2. The summed E-state index contributed by atoms with van der Waals surface area (Å²) in [6.45, 7) is 2.41. The van der Waals surface area contributed by atoms with Crippen LogP contribution in [0.25, 0.3) is 10.2 Å². The first-order chi connectivity index (χ1) is 14.1. The number of thiazole rings is 1. The highest BCUT2D eigenvalue weighted by Gasteiger charge is 2.27. The van der Waals surface area contributed by atoms with E-state index in [-0.39, 0.29) is 11.8 Å². The highest BCUT2D eigenvalue weighted by molar-refractivity contribution is 7.18. The molecular formula is C22H25N4O2S+. The van der Waals surface area contributed by atoms with Gasteiger partial charge in [0.15, 0.2) is 6.54 Å². The van der Waals surface area contributed by atoms with Crippen molar-refractivity contribution in [3.63, 3.8) is 0 Å². The summed E-state index contributed by atoms with van der Waals surface area (Å²) in [5.41, 5.74) is 2.38. The molecular weight excluding hydrogens is 384 g/mol. The Morgan fingerprint density at radius 2 is 1.83 bits per heavy atom. The number of hydrogen-bond acceptors (Lipinski definition) is 4. The van der Waals surface area contributed by atoms with Crippen LogP contribution in [0.2, 0.25) is 0 Å². The Morgan fingerprint density at radius 3 is 2.52 bits per heavy atom. The molecule has 0 atom stereocenters. The number of nitrogens with one attached hydrogen (secondary N) is 3. The zero-order valence-corrected chi connectivity index (χ0v) is 17.2. The van der Waals surface area contributed by atoms with Crippen LogP contribution in [0, 0.1) is 0 Å². The van der Waals surface area contributed by atoms with Crippen LogP contribution >= 0.6 is 11.3 Å². The monoisotopic (exact) mass is 409 g/mol. The van der Waals surface area contributed by atoms with E-state index in [1.165, 1.54) is 14.6 Å². The van der Waals surface area contributed by atoms with Gasteiger partial charge in [-0.1, -0.05) is 12.1 Å². The molecule has 4 rings (SSSR count). The Kier molecular flexibility index (Phi) is 5.87. The molecule has 1 aliphatic rings. The molecule has 0 bridgehead atoms. The number of hydrogen-bond donors (Lipinski definition) is 3. The van der Waals surface area contributed by atoms with Crippen LogP contribution in [0.1, 0.15) is 34.1 Å². The van der Waals surface area contributed by atoms with Crippen molar-refractivity contribution in [2.75, 3.05) is 32.0 Å². The molecule has 6 nitrogen and oxygen atoms in total. The molecule has 7 heteroatoms. The molecule has 0 spiro atoms. The van der Waals surface area contributed by atoms with Gasteiger partial charge in [-0.3, -0.25) is 9.59 Å². The lowest BCUT2D eigenvalue weighted by Crippen LogP contribution is -3.14. The van der Waals surface area contributed by atoms with Gasteiger partial charge < -0.3 is 15.5 Å². The number of carbonyl (C=O) groups excluding carboxylic acids is 2. The molecule has 1 saturated heterocycles. The maximum atomic E-state index is 12.4. The molecule has 0 unspecified atom stereocenters. The molecule has 1 fully saturated rings. The number of rotatable bonds is 5. The quantitative estimate of drug-likeness (QED) is 0.604. The van der Waals surface area contributed by atoms with Crippen molar-refractivity contribution in [2.45, 2.75) is 18.8 Å². The minimum Gasteiger partial charge on any atom is -0.355 e. The highest BCUT2D eigenvalue weighted by atomic mass is 32.1. The van der Waals surface area contributed by atoms with Crippen molar-refractivity contribution < 1.29 is 14.5 Å². The standard InChI is InChI=1S/C22H24N4O2S/c1-23-21(28)15-6-8-17(9-7-15)24-20(27)14-26-12-10-16(11-13-26)22-25-18-4-2-3-5-19(18)29-22/h2-9,16H,10-14H2,1H3,(H,23,28)(H,24,27)/p+1. The maximum Gasteiger partial charge on any atom is 0.279 e. The van der Waals surface area contributed by atoms with Crippen molar-refractivity contribution in [3.05, 3.63) is 59.1 Å². The number of anilines is 1. The first-order valence-corrected chi connectivity index (χ1v) is 10.7. The number of benzene rings is 2. The summed E-state index contributed by atoms with van der Waals surface area (Å²) >= 11 is 1.80. The van der Waals surface area contributed by atoms with E-state index in [0.717, 1.165) is 31.4 Å². The molecule has 1 aromatic heterocycles. The lowest BCUT2D eigenvalue weighted by atomic mass is 9.97. The third-order valence-corrected chi connectivity index (χ3v) is 6.62. The smallest absolute Gasteiger partial charge is 0.279 e. The van der Waals surface area contributed by atoms with Crippen molar-refractivity contribution in [2.24, 2.45) is 0 Å². The fourth-order valence-corrected chi connectivity index (χ4v) is 4.93. The molecule has 0 radical (unpaired) electrons. The van der Waals surface area contributed by atoms with Gasteiger partial charge in [0, 0.05) is 37.1 Å². The lowest BCUT2D eigenvalue weighted by molar-refractivity contribution is -0.897. The van der Waals surface area contributed by atoms with E-state index in [9.17, 15) is 9.59 Å². The number of carbonyl (C=O) groups is 2. The van der Waals surface area contributed by atoms with Gasteiger partial charge >= 0.3 is 0 Å². The Morgan fingerprint density at radius 1 is 1.10 bits per heavy atom. The Bertz CT molecular complexity index is 974. The van der Waals surface area contributed by atoms with Crippen molar-refractivity contribution in [3.8, 4) is 0 Å². The molecule has 2 amide bonds. The summed E-state index contributed by atoms with van der Waals surface area (Å²) in [6, 6.07) is 15.2. The maximum absolute atomic E-state index is 12.4. The van der Waals surface area contributed by atoms with E-state index >= 15 is 0 Å². The van der Waals surface area contributed by atoms with Crippen LogP contribution in [-0.4, -0.2) is 43.5 Å². The third kappa shape index (κ3) is 4.63. The SMILES string of the molecule is CNC(=O)c1ccc(NC(=O)C[NH+]2CCC(c3nc4ccccc4s3)CC2)cc1. The van der Waals surface area contributed by atoms with Gasteiger partial charge in [0.05, 0.1) is 28.3 Å². The van der Waals surface area contributed by atoms with Crippen LogP contribution < -0.4 is 15.5 Å². The number of para-hydroxylation sites is 1. The highest BCUT2D eigenvalue weighted by Crippen LogP contribution is 2.31. The normalized spacial score (nSPS) is 19.1. The Labute approximate surface area is 173 Å². The second-order valence-corrected chi connectivity index (χ2v) is 8.49. The van der Waals surface area contributed by atoms with Crippen LogP contribution in [0.15, 0.2) is 48.5 Å². The average Bonchev–Trinajstić information content (AvgIpc) is 3.18. The minimum absolute atomic E-state index is 0.00568. The van der Waals surface area contributed by atoms with Gasteiger partial charge in [-0.2, -0.15) is 0 Å². The molecule has 0 saturated carbocycles. The summed E-state index contributed by atoms with van der Waals surface area (Å²) in [6.07, 6.45) is 2.12. The van der Waals surface area contributed by atoms with Crippen molar-refractivity contribution >= 4 is 39.1 Å². The number of quaternary nitrogens is 1. The molecule has 3 N–H and O–H groups in total. The number of likely N-dealkylation sites (tertiary alicyclic amines) is 1. The second-order valence-electron chi connectivity index (χ2n) is 7.43. The number of nitrogens with zero attached hydrogens (tertiary/aromatic N) is 1. The summed E-state index contributed by atoms with van der Waals surface area (Å²) in [4.78, 5) is 30.1. The second kappa shape index (κ2) is 8.71. The summed E-state index contributed by atoms with van der Waals surface area (Å²) < 4.78 is 1.25. The topological polar surface area (TPSA) is 75.5 Å². The molecule has 1 aliphatic heterocycles. The lowest BCUT2D eigenvalue weighted by Gasteiger charge is -2.27. The third-order valence-electron chi connectivity index (χ3n) is 5.42. The molecule has 0 aliphatic carbocycles. The van der Waals surface area contributed by atoms with Crippen molar-refractivity contribution in [1.29, 1.82) is 0 Å². The summed E-state index contributed by atoms with van der Waals surface area (Å²) in [5.74, 6) is 0.367. The fraction of sp³-hybridized carbons (Fsp3) is 0.318. The average molecular weight is 410 g/mol. The molecule has 29 heavy (non-hydrogen) atoms. The Hall–Kier alpha value is -2.77. The van der Waals surface area contributed by atoms with Crippen molar-refractivity contribution in [1.82, 2.24) is 10.3 Å². The van der Waals surface area contributed by atoms with E-state index in [2.05, 4.69) is 28.8 Å². The van der Waals surface area contributed by atoms with Crippen LogP contribution in [-0.2, 0) is 4.79 Å². The first-order valence-electron chi connectivity index (χ1n) is 9.93. The van der Waals surface area contributed by atoms with E-state index in [0.29, 0.717) is 23.7 Å². The predicted molar refractivity (Wildman–Crippen MR) is 116 cm³/mol. The van der Waals surface area contributed by atoms with Gasteiger partial charge in [-0.15, -0.1) is 11.3 Å². The Balaban J connectivity index is 1.28. The number of fused-ring (bicyclic) bond motifs is 1. The molecule has 150 valence electrons. The van der Waals surface area contributed by atoms with Gasteiger partial charge in [0.1, 0.15) is 0 Å². The van der Waals surface area contributed by atoms with Gasteiger partial charge in [-0.25, -0.2) is 4.98 Å². The minimum atomic E-state index is -0.136. The molecule has 2 heterocycles. The predicted octanol–water partition coefficient (Wildman–Crippen LogP) is 2.06. The number of amides is 2. The van der Waals surface area contributed by atoms with E-state index in [1.807, 2.05) is 6.07 Å². The summed E-state index contributed by atoms with van der Waals surface area (Å²) in [7, 11) is 1.60. The fourth-order valence-electron chi connectivity index (χ4n) is 3.80. The van der Waals surface area contributed by atoms with E-state index in [1.54, 1.807) is 42.6 Å². The van der Waals surface area contributed by atoms with Gasteiger partial charge in [-0.05, 0) is 36.4 Å². The number of aromatic nitrogens is 1. The largest absolute Gasteiger partial charge is 0.355 e.